The molecule has 1 rings (SSSR count). The molecule has 1 N–H and O–H groups in total. The van der Waals surface area contributed by atoms with Crippen molar-refractivity contribution in [1.82, 2.24) is 10.2 Å². The molecule has 0 amide bonds. The fourth-order valence-electron chi connectivity index (χ4n) is 0.336. The highest BCUT2D eigenvalue weighted by molar-refractivity contribution is 5.20. The van der Waals surface area contributed by atoms with Gasteiger partial charge in [-0.1, -0.05) is 33.6 Å². The number of aromatic nitrogens is 2. The lowest BCUT2D eigenvalue weighted by molar-refractivity contribution is 0.469. The van der Waals surface area contributed by atoms with Crippen molar-refractivity contribution in [3.8, 4) is 12.3 Å². The molecule has 0 aliphatic heterocycles. The molecule has 0 aromatic carbocycles. The van der Waals surface area contributed by atoms with E-state index >= 15 is 0 Å². The Morgan fingerprint density at radius 2 is 1.92 bits per heavy atom. The smallest absolute Gasteiger partial charge is 0.107 e. The molecule has 0 aliphatic carbocycles. The number of hydrogen-bond donors (Lipinski definition) is 1. The number of H-pyrrole nitrogens is 1. The van der Waals surface area contributed by atoms with Crippen LogP contribution in [-0.4, -0.2) is 10.2 Å². The molecule has 0 radical (unpaired) electrons. The van der Waals surface area contributed by atoms with Crippen LogP contribution < -0.4 is 0 Å². The summed E-state index contributed by atoms with van der Waals surface area (Å²) in [5.41, 5.74) is 1.22. The van der Waals surface area contributed by atoms with Gasteiger partial charge in [0.25, 0.3) is 0 Å². The summed E-state index contributed by atoms with van der Waals surface area (Å²) >= 11 is 0. The van der Waals surface area contributed by atoms with Gasteiger partial charge in [-0.05, 0) is 11.5 Å². The van der Waals surface area contributed by atoms with E-state index in [4.69, 9.17) is 6.42 Å². The molecule has 1 heterocycles. The van der Waals surface area contributed by atoms with E-state index in [9.17, 15) is 0 Å². The lowest BCUT2D eigenvalue weighted by atomic mass is 10.0. The van der Waals surface area contributed by atoms with Crippen molar-refractivity contribution in [3.05, 3.63) is 18.0 Å². The third-order valence-electron chi connectivity index (χ3n) is 0.656. The highest BCUT2D eigenvalue weighted by Gasteiger charge is 1.95. The van der Waals surface area contributed by atoms with Crippen LogP contribution in [0.15, 0.2) is 12.3 Å². The van der Waals surface area contributed by atoms with E-state index in [-0.39, 0.29) is 0 Å². The van der Waals surface area contributed by atoms with Crippen LogP contribution in [-0.2, 0) is 0 Å². The van der Waals surface area contributed by atoms with Crippen molar-refractivity contribution in [2.45, 2.75) is 27.7 Å². The summed E-state index contributed by atoms with van der Waals surface area (Å²) in [6.07, 6.45) is 6.59. The molecule has 0 saturated heterocycles. The monoisotopic (exact) mass is 164 g/mol. The van der Waals surface area contributed by atoms with Crippen LogP contribution in [0, 0.1) is 17.8 Å². The first-order chi connectivity index (χ1) is 5.43. The second-order valence-corrected chi connectivity index (χ2v) is 4.11. The molecule has 0 saturated carbocycles. The van der Waals surface area contributed by atoms with Gasteiger partial charge in [0.2, 0.25) is 0 Å². The standard InChI is InChI=1S/C5H4N2.C5H12/c1-2-5-3-4-6-7-5;1-5(2,3)4/h1,3-4H,(H,6,7);1-4H3. The molecule has 0 spiro atoms. The van der Waals surface area contributed by atoms with Crippen LogP contribution in [0.25, 0.3) is 0 Å². The van der Waals surface area contributed by atoms with Crippen molar-refractivity contribution in [2.24, 2.45) is 5.41 Å². The SMILES string of the molecule is C#Cc1ccn[nH]1.CC(C)(C)C. The van der Waals surface area contributed by atoms with E-state index in [1.165, 1.54) is 0 Å². The van der Waals surface area contributed by atoms with Gasteiger partial charge < -0.3 is 0 Å². The zero-order valence-electron chi connectivity index (χ0n) is 8.18. The topological polar surface area (TPSA) is 28.7 Å². The Morgan fingerprint density at radius 3 is 2.08 bits per heavy atom. The fourth-order valence-corrected chi connectivity index (χ4v) is 0.336. The summed E-state index contributed by atoms with van der Waals surface area (Å²) in [7, 11) is 0. The summed E-state index contributed by atoms with van der Waals surface area (Å²) < 4.78 is 0. The second kappa shape index (κ2) is 4.61. The summed E-state index contributed by atoms with van der Waals surface area (Å²) in [6, 6.07) is 1.74. The molecule has 2 nitrogen and oxygen atoms in total. The largest absolute Gasteiger partial charge is 0.270 e. The highest BCUT2D eigenvalue weighted by atomic mass is 15.1. The number of terminal acetylenes is 1. The van der Waals surface area contributed by atoms with Gasteiger partial charge in [0.1, 0.15) is 5.69 Å². The van der Waals surface area contributed by atoms with Crippen molar-refractivity contribution >= 4 is 0 Å². The third-order valence-corrected chi connectivity index (χ3v) is 0.656. The first-order valence-corrected chi connectivity index (χ1v) is 3.89. The molecule has 66 valence electrons. The Bertz CT molecular complexity index is 228. The van der Waals surface area contributed by atoms with Gasteiger partial charge in [0.05, 0.1) is 0 Å². The fraction of sp³-hybridized carbons (Fsp3) is 0.500. The maximum Gasteiger partial charge on any atom is 0.107 e. The van der Waals surface area contributed by atoms with Crippen LogP contribution in [0.5, 0.6) is 0 Å². The van der Waals surface area contributed by atoms with Crippen LogP contribution in [0.1, 0.15) is 33.4 Å². The van der Waals surface area contributed by atoms with Gasteiger partial charge in [-0.3, -0.25) is 5.10 Å². The molecule has 0 unspecified atom stereocenters. The van der Waals surface area contributed by atoms with Gasteiger partial charge in [0, 0.05) is 6.20 Å². The Hall–Kier alpha value is -1.23. The highest BCUT2D eigenvalue weighted by Crippen LogP contribution is 2.08. The zero-order valence-corrected chi connectivity index (χ0v) is 8.18. The molecule has 0 bridgehead atoms. The predicted molar refractivity (Wildman–Crippen MR) is 51.7 cm³/mol. The van der Waals surface area contributed by atoms with Crippen molar-refractivity contribution in [3.63, 3.8) is 0 Å². The Kier molecular flexibility index (Phi) is 4.14. The summed E-state index contributed by atoms with van der Waals surface area (Å²) in [4.78, 5) is 0. The first kappa shape index (κ1) is 10.8. The van der Waals surface area contributed by atoms with Crippen LogP contribution >= 0.6 is 0 Å². The van der Waals surface area contributed by atoms with Crippen LogP contribution in [0.3, 0.4) is 0 Å². The number of rotatable bonds is 0. The summed E-state index contributed by atoms with van der Waals surface area (Å²) in [5, 5.41) is 6.23. The van der Waals surface area contributed by atoms with Gasteiger partial charge in [-0.15, -0.1) is 6.42 Å². The lowest BCUT2D eigenvalue weighted by Crippen LogP contribution is -1.93. The maximum absolute atomic E-state index is 4.97. The molecular weight excluding hydrogens is 148 g/mol. The van der Waals surface area contributed by atoms with Gasteiger partial charge in [-0.25, -0.2) is 0 Å². The molecule has 0 fully saturated rings. The summed E-state index contributed by atoms with van der Waals surface area (Å²) in [6.45, 7) is 8.75. The Morgan fingerprint density at radius 1 is 1.42 bits per heavy atom. The molecule has 1 aromatic heterocycles. The minimum absolute atomic E-state index is 0.500. The van der Waals surface area contributed by atoms with E-state index in [1.807, 2.05) is 0 Å². The Labute approximate surface area is 74.4 Å². The number of nitrogens with zero attached hydrogens (tertiary/aromatic N) is 1. The normalized spacial score (nSPS) is 9.58. The molecule has 1 aromatic rings. The quantitative estimate of drug-likeness (QED) is 0.586. The van der Waals surface area contributed by atoms with E-state index in [0.29, 0.717) is 5.41 Å². The van der Waals surface area contributed by atoms with Crippen LogP contribution in [0.4, 0.5) is 0 Å². The van der Waals surface area contributed by atoms with Crippen molar-refractivity contribution < 1.29 is 0 Å². The zero-order chi connectivity index (χ0) is 9.61. The van der Waals surface area contributed by atoms with E-state index in [1.54, 1.807) is 12.3 Å². The molecule has 0 aliphatic rings. The van der Waals surface area contributed by atoms with E-state index < -0.39 is 0 Å². The lowest BCUT2D eigenvalue weighted by Gasteiger charge is -2.05. The molecular formula is C10H16N2. The minimum atomic E-state index is 0.500. The number of nitrogens with one attached hydrogen (secondary N) is 1. The van der Waals surface area contributed by atoms with Crippen LogP contribution in [0.2, 0.25) is 0 Å². The number of aromatic amines is 1. The molecule has 12 heavy (non-hydrogen) atoms. The second-order valence-electron chi connectivity index (χ2n) is 4.11. The molecule has 2 heteroatoms. The van der Waals surface area contributed by atoms with Crippen molar-refractivity contribution in [2.75, 3.05) is 0 Å². The van der Waals surface area contributed by atoms with E-state index in [2.05, 4.69) is 43.8 Å². The third kappa shape index (κ3) is 8.77. The Balaban J connectivity index is 0.000000217. The summed E-state index contributed by atoms with van der Waals surface area (Å²) in [5.74, 6) is 2.39. The molecule has 0 atom stereocenters. The number of hydrogen-bond acceptors (Lipinski definition) is 1. The van der Waals surface area contributed by atoms with Gasteiger partial charge in [-0.2, -0.15) is 5.10 Å². The van der Waals surface area contributed by atoms with E-state index in [0.717, 1.165) is 5.69 Å². The van der Waals surface area contributed by atoms with Gasteiger partial charge in [0.15, 0.2) is 0 Å². The van der Waals surface area contributed by atoms with Crippen molar-refractivity contribution in [1.29, 1.82) is 0 Å². The average Bonchev–Trinajstić information content (AvgIpc) is 2.33. The minimum Gasteiger partial charge on any atom is -0.270 e. The van der Waals surface area contributed by atoms with Gasteiger partial charge >= 0.3 is 0 Å². The first-order valence-electron chi connectivity index (χ1n) is 3.89. The maximum atomic E-state index is 4.97. The predicted octanol–water partition coefficient (Wildman–Crippen LogP) is 2.44. The average molecular weight is 164 g/mol.